The Bertz CT molecular complexity index is 6400. The summed E-state index contributed by atoms with van der Waals surface area (Å²) >= 11 is 3.56. The Hall–Kier alpha value is -6.75. The van der Waals surface area contributed by atoms with Crippen LogP contribution in [0.2, 0.25) is 0 Å². The van der Waals surface area contributed by atoms with E-state index in [4.69, 9.17) is 31.6 Å². The van der Waals surface area contributed by atoms with Crippen LogP contribution in [0.5, 0.6) is 5.75 Å². The van der Waals surface area contributed by atoms with Crippen LogP contribution >= 0.6 is 75.5 Å². The molecular formula is C70H96N15O42P8S3-9. The average molecular weight is 2160 g/mol. The Labute approximate surface area is 791 Å². The van der Waals surface area contributed by atoms with Crippen LogP contribution < -0.4 is 93.0 Å². The summed E-state index contributed by atoms with van der Waals surface area (Å²) < 4.78 is 224. The number of allylic oxidation sites excluding steroid dienone is 7. The summed E-state index contributed by atoms with van der Waals surface area (Å²) in [4.78, 5) is 161. The van der Waals surface area contributed by atoms with Gasteiger partial charge in [-0.05, 0) is 131 Å². The summed E-state index contributed by atoms with van der Waals surface area (Å²) in [6.07, 6.45) is 3.22. The van der Waals surface area contributed by atoms with Crippen molar-refractivity contribution in [1.82, 2.24) is 49.7 Å². The highest BCUT2D eigenvalue weighted by Crippen LogP contribution is 2.69. The van der Waals surface area contributed by atoms with E-state index in [2.05, 4.69) is 132 Å². The van der Waals surface area contributed by atoms with Gasteiger partial charge in [0.15, 0.2) is 46.4 Å². The van der Waals surface area contributed by atoms with E-state index in [9.17, 15) is 126 Å². The molecule has 8 heterocycles. The van der Waals surface area contributed by atoms with E-state index in [1.807, 2.05) is 61.8 Å². The van der Waals surface area contributed by atoms with Crippen molar-refractivity contribution in [3.05, 3.63) is 133 Å². The van der Waals surface area contributed by atoms with Crippen molar-refractivity contribution in [3.63, 3.8) is 0 Å². The fourth-order valence-electron chi connectivity index (χ4n) is 15.0. The van der Waals surface area contributed by atoms with Gasteiger partial charge in [0.05, 0.1) is 47.2 Å². The molecule has 1 aliphatic carbocycles. The molecular weight excluding hydrogens is 2070 g/mol. The number of aliphatic hydroxyl groups is 1. The van der Waals surface area contributed by atoms with Gasteiger partial charge in [0.2, 0.25) is 23.5 Å². The van der Waals surface area contributed by atoms with E-state index in [1.165, 1.54) is 0 Å². The minimum absolute atomic E-state index is 0.00450. The number of phosphoric acid groups is 8. The number of amides is 1. The predicted octanol–water partition coefficient (Wildman–Crippen LogP) is 1.36. The summed E-state index contributed by atoms with van der Waals surface area (Å²) in [5, 5.41) is 33.7. The van der Waals surface area contributed by atoms with E-state index < -0.39 is 180 Å². The molecule has 0 bridgehead atoms. The molecule has 770 valence electrons. The zero-order valence-electron chi connectivity index (χ0n) is 73.4. The van der Waals surface area contributed by atoms with E-state index >= 15 is 0 Å². The molecule has 0 spiro atoms. The van der Waals surface area contributed by atoms with Crippen LogP contribution in [0, 0.1) is 6.92 Å². The number of carbonyl (C=O) groups excluding carboxylic acids is 1. The molecule has 2 fully saturated rings. The topological polar surface area (TPSA) is 867 Å². The molecule has 6 aromatic rings. The van der Waals surface area contributed by atoms with Gasteiger partial charge in [-0.1, -0.05) is 75.5 Å². The maximum absolute atomic E-state index is 13.3. The highest BCUT2D eigenvalue weighted by Gasteiger charge is 2.47. The number of carbonyl (C=O) groups is 1. The van der Waals surface area contributed by atoms with Gasteiger partial charge in [0, 0.05) is 97.8 Å². The highest BCUT2D eigenvalue weighted by atomic mass is 32.2. The third kappa shape index (κ3) is 32.4. The Kier molecular flexibility index (Phi) is 38.5. The minimum atomic E-state index is -6.61. The lowest BCUT2D eigenvalue weighted by molar-refractivity contribution is -0.443. The van der Waals surface area contributed by atoms with Crippen molar-refractivity contribution < 1.29 is 189 Å². The molecule has 2 aromatic carbocycles. The number of nitrogens with two attached hydrogens (primary N) is 3. The first-order chi connectivity index (χ1) is 64.2. The monoisotopic (exact) mass is 2160 g/mol. The molecule has 12 N–H and O–H groups in total. The second-order valence-electron chi connectivity index (χ2n) is 32.1. The molecule has 1 amide bonds. The SMILES string of the molecule is Cc1ccc2c(c1)C(C)(C)/C(=C/C=C1\CCCC(/C=C/C3=[N+](CCCS(=O)(=O)[O-])c4ccc(OOOS)cc4C3(C)C)=C1NCCC(=O)NCCCCCCOP(=O)([O-])OP(=O)([O-])OP(=O)([O-])OP(=O)([O-])O[C@H]1O[C@@H](n3cnc4c(=O)[nH]c(N)nc43)CC1O)N2CCCS(=O)(=O)O.NCCCCCCOP(=O)([O-])OP(=O)([O-])OP(=O)([O-])OP(=O)([O-])O[C@H]1O[C@@H](n2cnc3c(=O)[nH]c(N)nc32)CC1[O-]. The Morgan fingerprint density at radius 1 is 0.659 bits per heavy atom. The maximum atomic E-state index is 13.3. The lowest BCUT2D eigenvalue weighted by atomic mass is 9.80. The number of benzene rings is 2. The first kappa shape index (κ1) is 113. The van der Waals surface area contributed by atoms with Crippen LogP contribution in [-0.2, 0) is 135 Å². The Morgan fingerprint density at radius 3 is 1.75 bits per heavy atom. The second-order valence-corrected chi connectivity index (χ2v) is 47.3. The smallest absolute Gasteiger partial charge is 0.280 e. The van der Waals surface area contributed by atoms with Gasteiger partial charge in [-0.25, -0.2) is 44.2 Å². The van der Waals surface area contributed by atoms with E-state index in [-0.39, 0.29) is 111 Å². The maximum Gasteiger partial charge on any atom is 0.280 e. The van der Waals surface area contributed by atoms with Crippen molar-refractivity contribution in [1.29, 1.82) is 0 Å². The van der Waals surface area contributed by atoms with Crippen molar-refractivity contribution in [2.75, 3.05) is 73.8 Å². The zero-order chi connectivity index (χ0) is 102. The second kappa shape index (κ2) is 47.0. The molecule has 11 rings (SSSR count). The molecule has 5 aliphatic rings. The molecule has 4 aromatic heterocycles. The quantitative estimate of drug-likeness (QED) is 0.00377. The number of fused-ring (bicyclic) bond motifs is 4. The van der Waals surface area contributed by atoms with Crippen molar-refractivity contribution in [2.24, 2.45) is 5.73 Å². The zero-order valence-corrected chi connectivity index (χ0v) is 83.1. The number of hydrogen-bond acceptors (Lipinski definition) is 51. The van der Waals surface area contributed by atoms with Gasteiger partial charge in [0.25, 0.3) is 83.8 Å². The van der Waals surface area contributed by atoms with Gasteiger partial charge < -0.3 is 110 Å². The number of nitrogen functional groups attached to an aromatic ring is 2. The first-order valence-electron chi connectivity index (χ1n) is 41.5. The predicted molar refractivity (Wildman–Crippen MR) is 464 cm³/mol. The largest absolute Gasteiger partial charge is 0.848 e. The number of nitrogens with zero attached hydrogens (tertiary/aromatic N) is 8. The normalized spacial score (nSPS) is 23.0. The number of rotatable bonds is 51. The van der Waals surface area contributed by atoms with Gasteiger partial charge in [0.1, 0.15) is 25.1 Å². The summed E-state index contributed by atoms with van der Waals surface area (Å²) in [7, 11) is -58.7. The standard InChI is InChI=1S/C55H77N9O26P4S3.C15H27N6O16P4/c1-35-15-19-41-39(31-35)54(2,3)44(62(41)26-11-29-96(76,77)78)21-16-36-13-10-14-37(17-22-45-55(4,5)40-32-38(84-86-87-95)18-20-42(40)63(45)27-12-30-97(79,80)81)48(36)58-25-23-46(66)57-24-8-6-7-9-28-82-91(68,69)88-93(72,73)90-94(74,75)89-92(70,71)85-52-43(65)33-47(83-52)64-34-59-49-50(64)60-53(56)61-51(49)67;16-5-3-1-2-4-6-32-38(24,25)35-40(28,29)37-41(30,31)36-39(26,27)34-14-9(22)7-10(33-14)21-8-18-11-12(21)19-15(17)20-13(11)23/h15-22,31-32,34,43,47,52,65H,6-14,23-30,33H2,1-5H3,(H11,56,57,60,61,66,67,68,69,70,71,72,73,74,75,76,77,78,79,80,81,95);8-10,14H,1-7,16H2,(H,24,25)(H,26,27)(H,28,29)(H,30,31)(H3,17,19,20,23)/q;-1/p-8/b36-16+,44-21-;/t43?,47-,52-;9?,10-,14-/m11/s1. The van der Waals surface area contributed by atoms with E-state index in [1.54, 1.807) is 18.2 Å². The number of aromatic nitrogens is 8. The van der Waals surface area contributed by atoms with Crippen molar-refractivity contribution in [3.8, 4) is 5.75 Å². The van der Waals surface area contributed by atoms with Crippen molar-refractivity contribution in [2.45, 2.75) is 185 Å². The number of thiol groups is 1. The average Bonchev–Trinajstić information content (AvgIpc) is 1.59. The molecule has 0 saturated carbocycles. The lowest BCUT2D eigenvalue weighted by Gasteiger charge is -2.37. The van der Waals surface area contributed by atoms with Crippen LogP contribution in [0.25, 0.3) is 22.3 Å². The summed E-state index contributed by atoms with van der Waals surface area (Å²) in [5.41, 5.74) is 21.6. The van der Waals surface area contributed by atoms with E-state index in [0.717, 1.165) is 78.1 Å². The number of aryl methyl sites for hydroxylation is 1. The number of nitrogens with one attached hydrogen (secondary N) is 4. The van der Waals surface area contributed by atoms with Crippen LogP contribution in [0.1, 0.15) is 160 Å². The van der Waals surface area contributed by atoms with Gasteiger partial charge in [-0.3, -0.25) is 83.6 Å². The number of hydrogen-bond donors (Lipinski definition) is 10. The molecule has 2 saturated heterocycles. The number of imidazole rings is 2. The summed E-state index contributed by atoms with van der Waals surface area (Å²) in [5.74, 6) is -1.71. The Morgan fingerprint density at radius 2 is 1.20 bits per heavy atom. The fraction of sp³-hybridized carbons (Fsp3) is 0.543. The Balaban J connectivity index is 0.000000398. The van der Waals surface area contributed by atoms with Gasteiger partial charge in [-0.2, -0.15) is 23.0 Å². The molecule has 57 nitrogen and oxygen atoms in total. The molecule has 68 heteroatoms. The van der Waals surface area contributed by atoms with Crippen molar-refractivity contribution >= 4 is 153 Å². The molecule has 14 atom stereocenters. The number of anilines is 3. The number of aromatic amines is 2. The highest BCUT2D eigenvalue weighted by molar-refractivity contribution is 7.86. The number of phosphoric ester groups is 4. The molecule has 0 radical (unpaired) electrons. The van der Waals surface area contributed by atoms with Gasteiger partial charge >= 0.3 is 0 Å². The minimum Gasteiger partial charge on any atom is -0.848 e. The first-order valence-corrected chi connectivity index (χ1v) is 56.7. The number of aliphatic hydroxyl groups excluding tert-OH is 1. The fourth-order valence-corrected chi connectivity index (χ4v) is 25.8. The van der Waals surface area contributed by atoms with Crippen LogP contribution in [0.15, 0.2) is 105 Å². The van der Waals surface area contributed by atoms with Crippen LogP contribution in [0.4, 0.5) is 23.3 Å². The summed E-state index contributed by atoms with van der Waals surface area (Å²) in [6, 6.07) is 11.2. The van der Waals surface area contributed by atoms with Crippen LogP contribution in [0.3, 0.4) is 0 Å². The van der Waals surface area contributed by atoms with Gasteiger partial charge in [-0.15, -0.1) is 4.33 Å². The number of unbranched alkanes of at least 4 members (excludes halogenated alkanes) is 6. The van der Waals surface area contributed by atoms with E-state index in [0.29, 0.717) is 57.9 Å². The molecule has 10 unspecified atom stereocenters. The molecule has 4 aliphatic heterocycles. The lowest BCUT2D eigenvalue weighted by Crippen LogP contribution is -2.36. The number of ether oxygens (including phenoxy) is 2. The van der Waals surface area contributed by atoms with Crippen LogP contribution in [-0.4, -0.2) is 169 Å². The third-order valence-corrected chi connectivity index (χ3v) is 34.1. The summed E-state index contributed by atoms with van der Waals surface area (Å²) in [6.45, 7) is 10.1. The number of H-pyrrole nitrogens is 2. The third-order valence-electron chi connectivity index (χ3n) is 21.0. The molecule has 138 heavy (non-hydrogen) atoms.